The molecule has 0 spiro atoms. The summed E-state index contributed by atoms with van der Waals surface area (Å²) in [6.45, 7) is 1.80. The highest BCUT2D eigenvalue weighted by atomic mass is 32.2. The Morgan fingerprint density at radius 1 is 1.07 bits per heavy atom. The Bertz CT molecular complexity index is 1060. The zero-order valence-electron chi connectivity index (χ0n) is 16.2. The molecule has 8 heteroatoms. The minimum absolute atomic E-state index is 0.0459. The van der Waals surface area contributed by atoms with E-state index in [9.17, 15) is 18.0 Å². The van der Waals surface area contributed by atoms with Crippen LogP contribution in [0.3, 0.4) is 0 Å². The second-order valence-electron chi connectivity index (χ2n) is 6.86. The molecule has 0 heterocycles. The van der Waals surface area contributed by atoms with Crippen LogP contribution in [0.25, 0.3) is 6.08 Å². The number of anilines is 1. The van der Waals surface area contributed by atoms with Crippen LogP contribution in [-0.2, 0) is 14.8 Å². The molecule has 0 radical (unpaired) electrons. The zero-order valence-corrected chi connectivity index (χ0v) is 17.0. The van der Waals surface area contributed by atoms with Crippen LogP contribution < -0.4 is 15.4 Å². The van der Waals surface area contributed by atoms with Gasteiger partial charge in [-0.05, 0) is 55.2 Å². The molecule has 2 aromatic rings. The van der Waals surface area contributed by atoms with Crippen LogP contribution in [-0.4, -0.2) is 33.3 Å². The summed E-state index contributed by atoms with van der Waals surface area (Å²) in [5.74, 6) is -0.674. The lowest BCUT2D eigenvalue weighted by Crippen LogP contribution is -2.25. The number of hydrogen-bond donors (Lipinski definition) is 3. The van der Waals surface area contributed by atoms with Gasteiger partial charge in [0.15, 0.2) is 0 Å². The summed E-state index contributed by atoms with van der Waals surface area (Å²) in [5, 5.41) is 5.27. The number of amides is 2. The third-order valence-corrected chi connectivity index (χ3v) is 6.04. The van der Waals surface area contributed by atoms with Crippen molar-refractivity contribution in [2.24, 2.45) is 0 Å². The highest BCUT2D eigenvalue weighted by molar-refractivity contribution is 7.89. The minimum Gasteiger partial charge on any atom is -0.355 e. The Morgan fingerprint density at radius 2 is 1.76 bits per heavy atom. The molecule has 3 N–H and O–H groups in total. The van der Waals surface area contributed by atoms with E-state index in [0.717, 1.165) is 18.4 Å². The highest BCUT2D eigenvalue weighted by Gasteiger charge is 2.27. The summed E-state index contributed by atoms with van der Waals surface area (Å²) in [7, 11) is -1.96. The van der Waals surface area contributed by atoms with E-state index >= 15 is 0 Å². The van der Waals surface area contributed by atoms with Gasteiger partial charge in [0, 0.05) is 19.2 Å². The van der Waals surface area contributed by atoms with Crippen molar-refractivity contribution >= 4 is 33.6 Å². The molecule has 0 saturated heterocycles. The molecule has 0 aromatic heterocycles. The highest BCUT2D eigenvalue weighted by Crippen LogP contribution is 2.22. The predicted octanol–water partition coefficient (Wildman–Crippen LogP) is 2.45. The average Bonchev–Trinajstić information content (AvgIpc) is 3.49. The Hall–Kier alpha value is -2.97. The quantitative estimate of drug-likeness (QED) is 0.607. The topological polar surface area (TPSA) is 104 Å². The molecular weight excluding hydrogens is 390 g/mol. The van der Waals surface area contributed by atoms with E-state index in [1.807, 2.05) is 0 Å². The van der Waals surface area contributed by atoms with Crippen LogP contribution in [0, 0.1) is 6.92 Å². The molecule has 1 saturated carbocycles. The molecule has 2 amide bonds. The van der Waals surface area contributed by atoms with Gasteiger partial charge >= 0.3 is 0 Å². The summed E-state index contributed by atoms with van der Waals surface area (Å²) in [5.41, 5.74) is 2.27. The fourth-order valence-electron chi connectivity index (χ4n) is 2.79. The van der Waals surface area contributed by atoms with Crippen LogP contribution in [0.4, 0.5) is 5.69 Å². The lowest BCUT2D eigenvalue weighted by atomic mass is 10.1. The zero-order chi connectivity index (χ0) is 21.0. The molecule has 2 aromatic carbocycles. The fraction of sp³-hybridized carbons (Fsp3) is 0.238. The second-order valence-corrected chi connectivity index (χ2v) is 8.58. The number of aryl methyl sites for hydroxylation is 1. The monoisotopic (exact) mass is 413 g/mol. The SMILES string of the molecule is CNC(=O)c1c(C)cccc1NC(=O)/C=C/c1ccc(S(=O)(=O)NC2CC2)cc1. The van der Waals surface area contributed by atoms with Crippen molar-refractivity contribution < 1.29 is 18.0 Å². The van der Waals surface area contributed by atoms with Gasteiger partial charge in [0.05, 0.1) is 16.1 Å². The summed E-state index contributed by atoms with van der Waals surface area (Å²) in [6, 6.07) is 11.5. The first-order valence-electron chi connectivity index (χ1n) is 9.23. The number of rotatable bonds is 7. The molecule has 1 aliphatic rings. The smallest absolute Gasteiger partial charge is 0.253 e. The Balaban J connectivity index is 1.68. The van der Waals surface area contributed by atoms with Gasteiger partial charge in [0.2, 0.25) is 15.9 Å². The first-order valence-corrected chi connectivity index (χ1v) is 10.7. The Kier molecular flexibility index (Phi) is 6.14. The summed E-state index contributed by atoms with van der Waals surface area (Å²) < 4.78 is 27.0. The molecule has 0 bridgehead atoms. The Labute approximate surface area is 170 Å². The van der Waals surface area contributed by atoms with Crippen molar-refractivity contribution in [3.05, 3.63) is 65.2 Å². The maximum atomic E-state index is 12.3. The predicted molar refractivity (Wildman–Crippen MR) is 112 cm³/mol. The molecule has 3 rings (SSSR count). The molecule has 152 valence electrons. The lowest BCUT2D eigenvalue weighted by molar-refractivity contribution is -0.111. The molecule has 0 atom stereocenters. The van der Waals surface area contributed by atoms with Crippen LogP contribution in [0.1, 0.15) is 34.3 Å². The number of sulfonamides is 1. The van der Waals surface area contributed by atoms with Crippen LogP contribution >= 0.6 is 0 Å². The van der Waals surface area contributed by atoms with Crippen molar-refractivity contribution in [2.75, 3.05) is 12.4 Å². The first-order chi connectivity index (χ1) is 13.8. The van der Waals surface area contributed by atoms with E-state index in [4.69, 9.17) is 0 Å². The standard InChI is InChI=1S/C21H23N3O4S/c1-14-4-3-5-18(20(14)21(26)22-2)23-19(25)13-8-15-6-11-17(12-7-15)29(27,28)24-16-9-10-16/h3-8,11-13,16,24H,9-10H2,1-2H3,(H,22,26)(H,23,25)/b13-8+. The van der Waals surface area contributed by atoms with Crippen LogP contribution in [0.5, 0.6) is 0 Å². The van der Waals surface area contributed by atoms with Gasteiger partial charge in [-0.1, -0.05) is 24.3 Å². The normalized spacial score (nSPS) is 14.0. The van der Waals surface area contributed by atoms with Crippen molar-refractivity contribution in [1.82, 2.24) is 10.0 Å². The van der Waals surface area contributed by atoms with Crippen LogP contribution in [0.2, 0.25) is 0 Å². The van der Waals surface area contributed by atoms with Crippen molar-refractivity contribution in [3.8, 4) is 0 Å². The molecule has 29 heavy (non-hydrogen) atoms. The number of carbonyl (C=O) groups is 2. The second kappa shape index (κ2) is 8.59. The van der Waals surface area contributed by atoms with Crippen LogP contribution in [0.15, 0.2) is 53.4 Å². The summed E-state index contributed by atoms with van der Waals surface area (Å²) in [6.07, 6.45) is 4.66. The number of carbonyl (C=O) groups excluding carboxylic acids is 2. The van der Waals surface area contributed by atoms with E-state index in [2.05, 4.69) is 15.4 Å². The maximum Gasteiger partial charge on any atom is 0.253 e. The van der Waals surface area contributed by atoms with Crippen molar-refractivity contribution in [1.29, 1.82) is 0 Å². The van der Waals surface area contributed by atoms with Gasteiger partial charge in [-0.2, -0.15) is 0 Å². The van der Waals surface area contributed by atoms with E-state index in [-0.39, 0.29) is 16.8 Å². The number of nitrogens with one attached hydrogen (secondary N) is 3. The third kappa shape index (κ3) is 5.30. The van der Waals surface area contributed by atoms with Crippen molar-refractivity contribution in [3.63, 3.8) is 0 Å². The summed E-state index contributed by atoms with van der Waals surface area (Å²) in [4.78, 5) is 24.5. The van der Waals surface area contributed by atoms with E-state index in [1.165, 1.54) is 25.3 Å². The van der Waals surface area contributed by atoms with Gasteiger partial charge in [-0.15, -0.1) is 0 Å². The largest absolute Gasteiger partial charge is 0.355 e. The van der Waals surface area contributed by atoms with Gasteiger partial charge in [-0.3, -0.25) is 9.59 Å². The molecule has 1 aliphatic carbocycles. The molecular formula is C21H23N3O4S. The van der Waals surface area contributed by atoms with Gasteiger partial charge in [0.25, 0.3) is 5.91 Å². The summed E-state index contributed by atoms with van der Waals surface area (Å²) >= 11 is 0. The number of hydrogen-bond acceptors (Lipinski definition) is 4. The van der Waals surface area contributed by atoms with E-state index in [0.29, 0.717) is 16.8 Å². The van der Waals surface area contributed by atoms with E-state index < -0.39 is 15.9 Å². The average molecular weight is 413 g/mol. The van der Waals surface area contributed by atoms with Crippen molar-refractivity contribution in [2.45, 2.75) is 30.7 Å². The first kappa shape index (κ1) is 20.8. The molecule has 1 fully saturated rings. The van der Waals surface area contributed by atoms with Gasteiger partial charge in [0.1, 0.15) is 0 Å². The molecule has 7 nitrogen and oxygen atoms in total. The maximum absolute atomic E-state index is 12.3. The minimum atomic E-state index is -3.50. The van der Waals surface area contributed by atoms with Gasteiger partial charge in [-0.25, -0.2) is 13.1 Å². The Morgan fingerprint density at radius 3 is 2.38 bits per heavy atom. The number of benzene rings is 2. The molecule has 0 unspecified atom stereocenters. The fourth-order valence-corrected chi connectivity index (χ4v) is 4.10. The third-order valence-electron chi connectivity index (χ3n) is 4.50. The lowest BCUT2D eigenvalue weighted by Gasteiger charge is -2.11. The van der Waals surface area contributed by atoms with Gasteiger partial charge < -0.3 is 10.6 Å². The molecule has 0 aliphatic heterocycles. The van der Waals surface area contributed by atoms with E-state index in [1.54, 1.807) is 43.3 Å².